The molecule has 0 saturated carbocycles. The highest BCUT2D eigenvalue weighted by molar-refractivity contribution is 14.0. The zero-order chi connectivity index (χ0) is 16.4. The van der Waals surface area contributed by atoms with Crippen LogP contribution in [-0.2, 0) is 12.8 Å². The molecule has 0 unspecified atom stereocenters. The Bertz CT molecular complexity index is 779. The number of benzene rings is 2. The maximum absolute atomic E-state index is 5.43. The fraction of sp³-hybridized carbons (Fsp3) is 0.316. The Morgan fingerprint density at radius 3 is 2.88 bits per heavy atom. The van der Waals surface area contributed by atoms with E-state index in [0.29, 0.717) is 6.79 Å². The molecule has 1 N–H and O–H groups in total. The van der Waals surface area contributed by atoms with Gasteiger partial charge >= 0.3 is 0 Å². The Morgan fingerprint density at radius 2 is 2.00 bits per heavy atom. The van der Waals surface area contributed by atoms with E-state index in [4.69, 9.17) is 9.47 Å². The smallest absolute Gasteiger partial charge is 0.231 e. The van der Waals surface area contributed by atoms with E-state index in [9.17, 15) is 0 Å². The minimum atomic E-state index is 0. The summed E-state index contributed by atoms with van der Waals surface area (Å²) < 4.78 is 10.8. The van der Waals surface area contributed by atoms with Gasteiger partial charge in [-0.3, -0.25) is 4.99 Å². The number of anilines is 1. The standard InChI is InChI=1S/C19H21N3O2.HI/c1-20-19(22-11-9-15-4-2-3-5-16(15)22)21-10-8-14-6-7-17-18(12-14)24-13-23-17;/h2-7,12H,8-11,13H2,1H3,(H,20,21);1H. The maximum atomic E-state index is 5.43. The minimum absolute atomic E-state index is 0. The summed E-state index contributed by atoms with van der Waals surface area (Å²) in [7, 11) is 1.84. The molecule has 2 heterocycles. The maximum Gasteiger partial charge on any atom is 0.231 e. The molecular weight excluding hydrogens is 429 g/mol. The van der Waals surface area contributed by atoms with Crippen molar-refractivity contribution in [1.29, 1.82) is 0 Å². The Morgan fingerprint density at radius 1 is 1.16 bits per heavy atom. The van der Waals surface area contributed by atoms with Crippen LogP contribution in [0, 0.1) is 0 Å². The molecule has 0 aliphatic carbocycles. The van der Waals surface area contributed by atoms with Gasteiger partial charge in [-0.25, -0.2) is 0 Å². The van der Waals surface area contributed by atoms with Gasteiger partial charge in [-0.2, -0.15) is 0 Å². The van der Waals surface area contributed by atoms with Crippen LogP contribution in [0.2, 0.25) is 0 Å². The molecule has 0 amide bonds. The molecule has 0 spiro atoms. The summed E-state index contributed by atoms with van der Waals surface area (Å²) in [6.45, 7) is 2.12. The molecular formula is C19H22IN3O2. The highest BCUT2D eigenvalue weighted by atomic mass is 127. The topological polar surface area (TPSA) is 46.1 Å². The predicted molar refractivity (Wildman–Crippen MR) is 111 cm³/mol. The number of para-hydroxylation sites is 1. The number of nitrogens with one attached hydrogen (secondary N) is 1. The predicted octanol–water partition coefficient (Wildman–Crippen LogP) is 3.21. The van der Waals surface area contributed by atoms with E-state index >= 15 is 0 Å². The average Bonchev–Trinajstić information content (AvgIpc) is 3.25. The van der Waals surface area contributed by atoms with Crippen molar-refractivity contribution >= 4 is 35.6 Å². The van der Waals surface area contributed by atoms with Gasteiger partial charge in [0, 0.05) is 25.8 Å². The van der Waals surface area contributed by atoms with Crippen LogP contribution < -0.4 is 19.7 Å². The number of nitrogens with zero attached hydrogens (tertiary/aromatic N) is 2. The summed E-state index contributed by atoms with van der Waals surface area (Å²) in [5.74, 6) is 2.60. The summed E-state index contributed by atoms with van der Waals surface area (Å²) in [6, 6.07) is 14.6. The molecule has 5 nitrogen and oxygen atoms in total. The lowest BCUT2D eigenvalue weighted by Gasteiger charge is -2.22. The number of guanidine groups is 1. The van der Waals surface area contributed by atoms with Gasteiger partial charge in [-0.1, -0.05) is 24.3 Å². The lowest BCUT2D eigenvalue weighted by atomic mass is 10.1. The van der Waals surface area contributed by atoms with Gasteiger partial charge in [-0.15, -0.1) is 24.0 Å². The van der Waals surface area contributed by atoms with Gasteiger partial charge in [0.05, 0.1) is 0 Å². The third-order valence-corrected chi connectivity index (χ3v) is 4.49. The van der Waals surface area contributed by atoms with Crippen LogP contribution in [-0.4, -0.2) is 32.9 Å². The van der Waals surface area contributed by atoms with Crippen LogP contribution in [0.1, 0.15) is 11.1 Å². The minimum Gasteiger partial charge on any atom is -0.454 e. The molecule has 0 aromatic heterocycles. The second-order valence-corrected chi connectivity index (χ2v) is 5.94. The first kappa shape index (κ1) is 17.8. The van der Waals surface area contributed by atoms with Gasteiger partial charge in [-0.05, 0) is 42.2 Å². The van der Waals surface area contributed by atoms with Gasteiger partial charge < -0.3 is 19.7 Å². The molecule has 0 radical (unpaired) electrons. The summed E-state index contributed by atoms with van der Waals surface area (Å²) in [6.07, 6.45) is 1.98. The monoisotopic (exact) mass is 451 g/mol. The molecule has 2 aromatic carbocycles. The van der Waals surface area contributed by atoms with E-state index in [1.54, 1.807) is 0 Å². The number of fused-ring (bicyclic) bond motifs is 2. The first-order chi connectivity index (χ1) is 11.8. The summed E-state index contributed by atoms with van der Waals surface area (Å²) in [4.78, 5) is 6.70. The Labute approximate surface area is 165 Å². The van der Waals surface area contributed by atoms with Crippen molar-refractivity contribution in [3.05, 3.63) is 53.6 Å². The van der Waals surface area contributed by atoms with Crippen molar-refractivity contribution < 1.29 is 9.47 Å². The zero-order valence-corrected chi connectivity index (χ0v) is 16.5. The lowest BCUT2D eigenvalue weighted by Crippen LogP contribution is -2.41. The van der Waals surface area contributed by atoms with Gasteiger partial charge in [0.15, 0.2) is 17.5 Å². The number of ether oxygens (including phenoxy) is 2. The average molecular weight is 451 g/mol. The van der Waals surface area contributed by atoms with E-state index in [1.165, 1.54) is 16.8 Å². The number of aliphatic imine (C=N–C) groups is 1. The Hall–Kier alpha value is -1.96. The van der Waals surface area contributed by atoms with Crippen LogP contribution in [0.5, 0.6) is 11.5 Å². The summed E-state index contributed by atoms with van der Waals surface area (Å²) in [5, 5.41) is 3.47. The van der Waals surface area contributed by atoms with Crippen LogP contribution >= 0.6 is 24.0 Å². The van der Waals surface area contributed by atoms with Crippen LogP contribution in [0.25, 0.3) is 0 Å². The quantitative estimate of drug-likeness (QED) is 0.443. The van der Waals surface area contributed by atoms with E-state index in [0.717, 1.165) is 43.4 Å². The second-order valence-electron chi connectivity index (χ2n) is 5.94. The normalized spacial score (nSPS) is 14.9. The van der Waals surface area contributed by atoms with Crippen molar-refractivity contribution in [2.45, 2.75) is 12.8 Å². The molecule has 0 atom stereocenters. The fourth-order valence-electron chi connectivity index (χ4n) is 3.27. The van der Waals surface area contributed by atoms with Crippen LogP contribution in [0.4, 0.5) is 5.69 Å². The molecule has 4 rings (SSSR count). The molecule has 2 aliphatic heterocycles. The highest BCUT2D eigenvalue weighted by Gasteiger charge is 2.22. The molecule has 2 aromatic rings. The molecule has 132 valence electrons. The lowest BCUT2D eigenvalue weighted by molar-refractivity contribution is 0.174. The third-order valence-electron chi connectivity index (χ3n) is 4.49. The van der Waals surface area contributed by atoms with E-state index in [1.807, 2.05) is 13.1 Å². The van der Waals surface area contributed by atoms with Crippen molar-refractivity contribution in [2.75, 3.05) is 31.8 Å². The molecule has 0 fully saturated rings. The SMILES string of the molecule is CN=C(NCCc1ccc2c(c1)OCO2)N1CCc2ccccc21.I. The van der Waals surface area contributed by atoms with Crippen molar-refractivity contribution in [3.8, 4) is 11.5 Å². The Balaban J connectivity index is 0.00000182. The largest absolute Gasteiger partial charge is 0.454 e. The number of halogens is 1. The summed E-state index contributed by atoms with van der Waals surface area (Å²) in [5.41, 5.74) is 3.87. The van der Waals surface area contributed by atoms with E-state index < -0.39 is 0 Å². The van der Waals surface area contributed by atoms with Gasteiger partial charge in [0.2, 0.25) is 6.79 Å². The molecule has 2 aliphatic rings. The van der Waals surface area contributed by atoms with Gasteiger partial charge in [0.25, 0.3) is 0 Å². The molecule has 6 heteroatoms. The Kier molecular flexibility index (Phi) is 5.67. The van der Waals surface area contributed by atoms with Crippen LogP contribution in [0.15, 0.2) is 47.5 Å². The fourth-order valence-corrected chi connectivity index (χ4v) is 3.27. The molecule has 0 saturated heterocycles. The van der Waals surface area contributed by atoms with E-state index in [-0.39, 0.29) is 24.0 Å². The second kappa shape index (κ2) is 7.95. The number of hydrogen-bond donors (Lipinski definition) is 1. The number of rotatable bonds is 3. The molecule has 25 heavy (non-hydrogen) atoms. The van der Waals surface area contributed by atoms with Gasteiger partial charge in [0.1, 0.15) is 0 Å². The highest BCUT2D eigenvalue weighted by Crippen LogP contribution is 2.32. The van der Waals surface area contributed by atoms with E-state index in [2.05, 4.69) is 51.6 Å². The molecule has 0 bridgehead atoms. The summed E-state index contributed by atoms with van der Waals surface area (Å²) >= 11 is 0. The first-order valence-electron chi connectivity index (χ1n) is 8.30. The van der Waals surface area contributed by atoms with Crippen molar-refractivity contribution in [1.82, 2.24) is 5.32 Å². The third kappa shape index (κ3) is 3.68. The van der Waals surface area contributed by atoms with Crippen molar-refractivity contribution in [3.63, 3.8) is 0 Å². The zero-order valence-electron chi connectivity index (χ0n) is 14.2. The number of hydrogen-bond acceptors (Lipinski definition) is 3. The van der Waals surface area contributed by atoms with Crippen molar-refractivity contribution in [2.24, 2.45) is 4.99 Å². The van der Waals surface area contributed by atoms with Crippen LogP contribution in [0.3, 0.4) is 0 Å². The first-order valence-corrected chi connectivity index (χ1v) is 8.30.